The number of halogens is 2. The van der Waals surface area contributed by atoms with Crippen LogP contribution in [0.2, 0.25) is 10.0 Å². The first-order chi connectivity index (χ1) is 19.4. The van der Waals surface area contributed by atoms with Crippen LogP contribution < -0.4 is 14.4 Å². The van der Waals surface area contributed by atoms with Gasteiger partial charge in [0.15, 0.2) is 0 Å². The maximum Gasteiger partial charge on any atom is 0.244 e. The lowest BCUT2D eigenvalue weighted by molar-refractivity contribution is -0.140. The van der Waals surface area contributed by atoms with Crippen LogP contribution in [0.5, 0.6) is 5.75 Å². The molecule has 0 aliphatic rings. The second-order valence-corrected chi connectivity index (χ2v) is 12.6. The summed E-state index contributed by atoms with van der Waals surface area (Å²) in [4.78, 5) is 28.3. The van der Waals surface area contributed by atoms with Crippen molar-refractivity contribution in [1.29, 1.82) is 0 Å². The van der Waals surface area contributed by atoms with Crippen molar-refractivity contribution in [2.45, 2.75) is 52.4 Å². The minimum atomic E-state index is -3.87. The molecule has 0 aliphatic heterocycles. The summed E-state index contributed by atoms with van der Waals surface area (Å²) in [6, 6.07) is 20.0. The lowest BCUT2D eigenvalue weighted by Crippen LogP contribution is -2.53. The molecular weight excluding hydrogens is 585 g/mol. The van der Waals surface area contributed by atoms with Crippen LogP contribution in [0.25, 0.3) is 0 Å². The van der Waals surface area contributed by atoms with Crippen molar-refractivity contribution in [3.05, 3.63) is 94.0 Å². The summed E-state index contributed by atoms with van der Waals surface area (Å²) in [5.41, 5.74) is 1.86. The molecule has 2 amide bonds. The Labute approximate surface area is 252 Å². The monoisotopic (exact) mass is 619 g/mol. The van der Waals surface area contributed by atoms with Gasteiger partial charge in [-0.15, -0.1) is 0 Å². The standard InChI is InChI=1S/C30H35Cl2N3O5S/c1-5-28(30(37)33-21(2)3)34(18-23-11-12-24(31)17-27(23)32)29(36)19-35(41(4,38)39)25-13-15-26(16-14-25)40-20-22-9-7-6-8-10-22/h6-17,21,28H,5,18-20H2,1-4H3,(H,33,37)/t28-/m0/s1. The predicted octanol–water partition coefficient (Wildman–Crippen LogP) is 5.67. The quantitative estimate of drug-likeness (QED) is 0.266. The number of rotatable bonds is 13. The lowest BCUT2D eigenvalue weighted by Gasteiger charge is -2.33. The van der Waals surface area contributed by atoms with E-state index in [4.69, 9.17) is 27.9 Å². The highest BCUT2D eigenvalue weighted by Gasteiger charge is 2.32. The molecule has 0 unspecified atom stereocenters. The van der Waals surface area contributed by atoms with E-state index >= 15 is 0 Å². The van der Waals surface area contributed by atoms with E-state index < -0.39 is 28.5 Å². The van der Waals surface area contributed by atoms with E-state index in [2.05, 4.69) is 5.32 Å². The molecule has 8 nitrogen and oxygen atoms in total. The summed E-state index contributed by atoms with van der Waals surface area (Å²) in [5.74, 6) is -0.351. The predicted molar refractivity (Wildman–Crippen MR) is 164 cm³/mol. The number of sulfonamides is 1. The Kier molecular flexibility index (Phi) is 11.5. The van der Waals surface area contributed by atoms with Crippen LogP contribution in [-0.2, 0) is 32.8 Å². The zero-order chi connectivity index (χ0) is 30.2. The van der Waals surface area contributed by atoms with Gasteiger partial charge in [0.1, 0.15) is 24.9 Å². The Morgan fingerprint density at radius 3 is 2.20 bits per heavy atom. The van der Waals surface area contributed by atoms with Crippen molar-refractivity contribution in [3.63, 3.8) is 0 Å². The Bertz CT molecular complexity index is 1430. The molecule has 220 valence electrons. The van der Waals surface area contributed by atoms with Gasteiger partial charge in [-0.05, 0) is 67.8 Å². The van der Waals surface area contributed by atoms with Gasteiger partial charge in [-0.2, -0.15) is 0 Å². The molecule has 41 heavy (non-hydrogen) atoms. The van der Waals surface area contributed by atoms with Crippen LogP contribution in [0.3, 0.4) is 0 Å². The van der Waals surface area contributed by atoms with Gasteiger partial charge in [0.2, 0.25) is 21.8 Å². The number of amides is 2. The molecule has 0 aliphatic carbocycles. The fourth-order valence-corrected chi connectivity index (χ4v) is 5.51. The third kappa shape index (κ3) is 9.38. The first-order valence-corrected chi connectivity index (χ1v) is 15.8. The van der Waals surface area contributed by atoms with Gasteiger partial charge in [0.25, 0.3) is 0 Å². The second kappa shape index (κ2) is 14.6. The van der Waals surface area contributed by atoms with E-state index in [1.165, 1.54) is 4.90 Å². The smallest absolute Gasteiger partial charge is 0.244 e. The molecule has 11 heteroatoms. The van der Waals surface area contributed by atoms with Crippen LogP contribution >= 0.6 is 23.2 Å². The highest BCUT2D eigenvalue weighted by molar-refractivity contribution is 7.92. The van der Waals surface area contributed by atoms with Gasteiger partial charge in [0.05, 0.1) is 11.9 Å². The van der Waals surface area contributed by atoms with Crippen LogP contribution in [0.15, 0.2) is 72.8 Å². The van der Waals surface area contributed by atoms with Gasteiger partial charge < -0.3 is 15.0 Å². The molecule has 0 heterocycles. The van der Waals surface area contributed by atoms with E-state index in [1.807, 2.05) is 44.2 Å². The van der Waals surface area contributed by atoms with Gasteiger partial charge in [0, 0.05) is 22.6 Å². The average molecular weight is 621 g/mol. The van der Waals surface area contributed by atoms with Crippen LogP contribution in [0, 0.1) is 0 Å². The molecule has 0 aromatic heterocycles. The summed E-state index contributed by atoms with van der Waals surface area (Å²) in [6.45, 7) is 5.27. The molecule has 3 rings (SSSR count). The first-order valence-electron chi connectivity index (χ1n) is 13.2. The van der Waals surface area contributed by atoms with Crippen molar-refractivity contribution in [2.24, 2.45) is 0 Å². The molecule has 1 atom stereocenters. The maximum atomic E-state index is 13.8. The highest BCUT2D eigenvalue weighted by atomic mass is 35.5. The molecule has 0 saturated heterocycles. The number of nitrogens with one attached hydrogen (secondary N) is 1. The topological polar surface area (TPSA) is 96.0 Å². The number of hydrogen-bond acceptors (Lipinski definition) is 5. The fourth-order valence-electron chi connectivity index (χ4n) is 4.20. The highest BCUT2D eigenvalue weighted by Crippen LogP contribution is 2.26. The zero-order valence-corrected chi connectivity index (χ0v) is 25.8. The third-order valence-electron chi connectivity index (χ3n) is 6.22. The summed E-state index contributed by atoms with van der Waals surface area (Å²) in [7, 11) is -3.87. The van der Waals surface area contributed by atoms with E-state index in [0.29, 0.717) is 34.4 Å². The number of anilines is 1. The molecule has 0 fully saturated rings. The van der Waals surface area contributed by atoms with Gasteiger partial charge in [-0.3, -0.25) is 13.9 Å². The third-order valence-corrected chi connectivity index (χ3v) is 7.95. The van der Waals surface area contributed by atoms with Crippen molar-refractivity contribution in [1.82, 2.24) is 10.2 Å². The number of benzene rings is 3. The number of ether oxygens (including phenoxy) is 1. The van der Waals surface area contributed by atoms with Gasteiger partial charge in [-0.25, -0.2) is 8.42 Å². The maximum absolute atomic E-state index is 13.8. The van der Waals surface area contributed by atoms with Crippen LogP contribution in [0.4, 0.5) is 5.69 Å². The summed E-state index contributed by atoms with van der Waals surface area (Å²) < 4.78 is 32.6. The Morgan fingerprint density at radius 1 is 0.976 bits per heavy atom. The molecule has 0 bridgehead atoms. The molecule has 3 aromatic rings. The summed E-state index contributed by atoms with van der Waals surface area (Å²) in [5, 5.41) is 3.62. The number of carbonyl (C=O) groups is 2. The SMILES string of the molecule is CC[C@@H](C(=O)NC(C)C)N(Cc1ccc(Cl)cc1Cl)C(=O)CN(c1ccc(OCc2ccccc2)cc1)S(C)(=O)=O. The summed E-state index contributed by atoms with van der Waals surface area (Å²) in [6.07, 6.45) is 1.34. The minimum Gasteiger partial charge on any atom is -0.489 e. The van der Waals surface area contributed by atoms with Crippen molar-refractivity contribution in [3.8, 4) is 5.75 Å². The van der Waals surface area contributed by atoms with Gasteiger partial charge >= 0.3 is 0 Å². The van der Waals surface area contributed by atoms with Crippen LogP contribution in [-0.4, -0.2) is 50.0 Å². The largest absolute Gasteiger partial charge is 0.489 e. The van der Waals surface area contributed by atoms with Crippen molar-refractivity contribution >= 4 is 50.7 Å². The Balaban J connectivity index is 1.88. The van der Waals surface area contributed by atoms with E-state index in [9.17, 15) is 18.0 Å². The van der Waals surface area contributed by atoms with Crippen molar-refractivity contribution in [2.75, 3.05) is 17.1 Å². The second-order valence-electron chi connectivity index (χ2n) is 9.88. The fraction of sp³-hybridized carbons (Fsp3) is 0.333. The Morgan fingerprint density at radius 2 is 1.63 bits per heavy atom. The minimum absolute atomic E-state index is 0.0112. The lowest BCUT2D eigenvalue weighted by atomic mass is 10.1. The average Bonchev–Trinajstić information content (AvgIpc) is 2.91. The zero-order valence-electron chi connectivity index (χ0n) is 23.5. The van der Waals surface area contributed by atoms with Crippen molar-refractivity contribution < 1.29 is 22.7 Å². The van der Waals surface area contributed by atoms with Crippen LogP contribution in [0.1, 0.15) is 38.3 Å². The molecule has 3 aromatic carbocycles. The number of carbonyl (C=O) groups excluding carboxylic acids is 2. The van der Waals surface area contributed by atoms with E-state index in [0.717, 1.165) is 16.1 Å². The normalized spacial score (nSPS) is 12.1. The molecule has 1 N–H and O–H groups in total. The summed E-state index contributed by atoms with van der Waals surface area (Å²) >= 11 is 12.5. The first kappa shape index (κ1) is 32.2. The molecule has 0 saturated carbocycles. The number of nitrogens with zero attached hydrogens (tertiary/aromatic N) is 2. The van der Waals surface area contributed by atoms with Gasteiger partial charge in [-0.1, -0.05) is 66.5 Å². The molecule has 0 radical (unpaired) electrons. The van der Waals surface area contributed by atoms with E-state index in [1.54, 1.807) is 49.4 Å². The molecular formula is C30H35Cl2N3O5S. The molecule has 0 spiro atoms. The van der Waals surface area contributed by atoms with E-state index in [-0.39, 0.29) is 24.2 Å². The number of hydrogen-bond donors (Lipinski definition) is 1. The Hall–Kier alpha value is -3.27.